The van der Waals surface area contributed by atoms with E-state index >= 15 is 0 Å². The molecule has 0 unspecified atom stereocenters. The molecule has 0 saturated carbocycles. The second-order valence-electron chi connectivity index (χ2n) is 4.10. The van der Waals surface area contributed by atoms with Gasteiger partial charge in [-0.15, -0.1) is 0 Å². The first-order valence-corrected chi connectivity index (χ1v) is 6.55. The van der Waals surface area contributed by atoms with E-state index in [4.69, 9.17) is 5.73 Å². The van der Waals surface area contributed by atoms with Crippen LogP contribution >= 0.6 is 15.9 Å². The van der Waals surface area contributed by atoms with E-state index in [2.05, 4.69) is 31.2 Å². The van der Waals surface area contributed by atoms with Crippen LogP contribution < -0.4 is 11.1 Å². The van der Waals surface area contributed by atoms with Crippen LogP contribution in [0, 0.1) is 0 Å². The first kappa shape index (κ1) is 11.9. The van der Waals surface area contributed by atoms with Crippen molar-refractivity contribution in [2.24, 2.45) is 0 Å². The lowest BCUT2D eigenvalue weighted by Gasteiger charge is -2.09. The van der Waals surface area contributed by atoms with Gasteiger partial charge in [0, 0.05) is 16.1 Å². The number of fused-ring (bicyclic) bond motifs is 1. The molecule has 1 aromatic carbocycles. The van der Waals surface area contributed by atoms with Gasteiger partial charge in [-0.05, 0) is 40.2 Å². The van der Waals surface area contributed by atoms with Crippen molar-refractivity contribution in [1.29, 1.82) is 0 Å². The third kappa shape index (κ3) is 2.51. The van der Waals surface area contributed by atoms with Gasteiger partial charge in [-0.25, -0.2) is 4.98 Å². The summed E-state index contributed by atoms with van der Waals surface area (Å²) in [7, 11) is 0. The van der Waals surface area contributed by atoms with Crippen molar-refractivity contribution < 1.29 is 0 Å². The standard InChI is InChI=1S/C14H11BrN4/c15-10-7-9-3-1-4-11(14(9)17-8-10)18-13-6-2-5-12(16)19-13/h1-8H,(H3,16,18,19). The number of para-hydroxylation sites is 1. The van der Waals surface area contributed by atoms with Gasteiger partial charge in [0.25, 0.3) is 0 Å². The average Bonchev–Trinajstić information content (AvgIpc) is 2.38. The molecule has 94 valence electrons. The van der Waals surface area contributed by atoms with Gasteiger partial charge in [0.15, 0.2) is 0 Å². The molecule has 4 nitrogen and oxygen atoms in total. The number of nitrogens with two attached hydrogens (primary N) is 1. The maximum Gasteiger partial charge on any atom is 0.132 e. The van der Waals surface area contributed by atoms with Crippen molar-refractivity contribution in [3.05, 3.63) is 53.1 Å². The van der Waals surface area contributed by atoms with Gasteiger partial charge < -0.3 is 11.1 Å². The maximum absolute atomic E-state index is 5.67. The lowest BCUT2D eigenvalue weighted by Crippen LogP contribution is -1.97. The molecule has 2 aromatic heterocycles. The van der Waals surface area contributed by atoms with Gasteiger partial charge in [-0.3, -0.25) is 4.98 Å². The third-order valence-electron chi connectivity index (χ3n) is 2.71. The van der Waals surface area contributed by atoms with Crippen LogP contribution in [0.25, 0.3) is 10.9 Å². The predicted molar refractivity (Wildman–Crippen MR) is 81.4 cm³/mol. The molecular weight excluding hydrogens is 304 g/mol. The Morgan fingerprint density at radius 2 is 1.95 bits per heavy atom. The second kappa shape index (κ2) is 4.85. The highest BCUT2D eigenvalue weighted by molar-refractivity contribution is 9.10. The topological polar surface area (TPSA) is 63.8 Å². The summed E-state index contributed by atoms with van der Waals surface area (Å²) >= 11 is 3.42. The van der Waals surface area contributed by atoms with Crippen LogP contribution in [0.2, 0.25) is 0 Å². The lowest BCUT2D eigenvalue weighted by atomic mass is 10.2. The number of nitrogen functional groups attached to an aromatic ring is 1. The van der Waals surface area contributed by atoms with Gasteiger partial charge in [-0.2, -0.15) is 0 Å². The quantitative estimate of drug-likeness (QED) is 0.756. The van der Waals surface area contributed by atoms with E-state index in [1.54, 1.807) is 12.3 Å². The maximum atomic E-state index is 5.67. The highest BCUT2D eigenvalue weighted by atomic mass is 79.9. The molecule has 0 amide bonds. The summed E-state index contributed by atoms with van der Waals surface area (Å²) in [6.07, 6.45) is 1.78. The molecule has 0 bridgehead atoms. The minimum absolute atomic E-state index is 0.487. The van der Waals surface area contributed by atoms with Crippen LogP contribution in [0.4, 0.5) is 17.3 Å². The molecule has 0 saturated heterocycles. The van der Waals surface area contributed by atoms with E-state index in [1.807, 2.05) is 36.4 Å². The van der Waals surface area contributed by atoms with E-state index in [0.717, 1.165) is 21.1 Å². The number of nitrogens with zero attached hydrogens (tertiary/aromatic N) is 2. The van der Waals surface area contributed by atoms with Gasteiger partial charge in [-0.1, -0.05) is 18.2 Å². The Bertz CT molecular complexity index is 742. The van der Waals surface area contributed by atoms with Crippen LogP contribution in [-0.4, -0.2) is 9.97 Å². The molecule has 0 aliphatic heterocycles. The fraction of sp³-hybridized carbons (Fsp3) is 0. The molecule has 0 aliphatic rings. The smallest absolute Gasteiger partial charge is 0.132 e. The van der Waals surface area contributed by atoms with E-state index in [0.29, 0.717) is 11.6 Å². The Morgan fingerprint density at radius 1 is 1.11 bits per heavy atom. The van der Waals surface area contributed by atoms with Gasteiger partial charge >= 0.3 is 0 Å². The van der Waals surface area contributed by atoms with E-state index in [-0.39, 0.29) is 0 Å². The van der Waals surface area contributed by atoms with Crippen LogP contribution in [0.5, 0.6) is 0 Å². The van der Waals surface area contributed by atoms with E-state index in [9.17, 15) is 0 Å². The van der Waals surface area contributed by atoms with Crippen LogP contribution in [-0.2, 0) is 0 Å². The van der Waals surface area contributed by atoms with Crippen LogP contribution in [0.3, 0.4) is 0 Å². The Hall–Kier alpha value is -2.14. The van der Waals surface area contributed by atoms with Gasteiger partial charge in [0.2, 0.25) is 0 Å². The number of anilines is 3. The van der Waals surface area contributed by atoms with Crippen molar-refractivity contribution in [2.45, 2.75) is 0 Å². The van der Waals surface area contributed by atoms with Crippen molar-refractivity contribution in [3.8, 4) is 0 Å². The number of halogens is 1. The molecule has 3 rings (SSSR count). The molecule has 5 heteroatoms. The Balaban J connectivity index is 2.06. The zero-order valence-corrected chi connectivity index (χ0v) is 11.6. The third-order valence-corrected chi connectivity index (χ3v) is 3.14. The Kier molecular flexibility index (Phi) is 3.05. The largest absolute Gasteiger partial charge is 0.384 e. The second-order valence-corrected chi connectivity index (χ2v) is 5.02. The first-order chi connectivity index (χ1) is 9.22. The molecule has 3 N–H and O–H groups in total. The first-order valence-electron chi connectivity index (χ1n) is 5.76. The van der Waals surface area contributed by atoms with Gasteiger partial charge in [0.1, 0.15) is 11.6 Å². The number of benzene rings is 1. The zero-order valence-electron chi connectivity index (χ0n) is 9.97. The number of hydrogen-bond donors (Lipinski definition) is 2. The summed E-state index contributed by atoms with van der Waals surface area (Å²) in [5, 5.41) is 4.30. The number of rotatable bonds is 2. The molecule has 0 fully saturated rings. The molecule has 0 atom stereocenters. The minimum atomic E-state index is 0.487. The van der Waals surface area contributed by atoms with Crippen molar-refractivity contribution in [1.82, 2.24) is 9.97 Å². The number of nitrogens with one attached hydrogen (secondary N) is 1. The summed E-state index contributed by atoms with van der Waals surface area (Å²) in [5.41, 5.74) is 7.48. The van der Waals surface area contributed by atoms with Crippen LogP contribution in [0.1, 0.15) is 0 Å². The molecule has 2 heterocycles. The molecular formula is C14H11BrN4. The lowest BCUT2D eigenvalue weighted by molar-refractivity contribution is 1.31. The fourth-order valence-corrected chi connectivity index (χ4v) is 2.24. The highest BCUT2D eigenvalue weighted by Crippen LogP contribution is 2.26. The Labute approximate surface area is 118 Å². The van der Waals surface area contributed by atoms with Gasteiger partial charge in [0.05, 0.1) is 11.2 Å². The monoisotopic (exact) mass is 314 g/mol. The summed E-state index contributed by atoms with van der Waals surface area (Å²) in [6, 6.07) is 13.5. The minimum Gasteiger partial charge on any atom is -0.384 e. The molecule has 0 spiro atoms. The van der Waals surface area contributed by atoms with Crippen molar-refractivity contribution >= 4 is 44.2 Å². The summed E-state index contributed by atoms with van der Waals surface area (Å²) in [6.45, 7) is 0. The summed E-state index contributed by atoms with van der Waals surface area (Å²) in [5.74, 6) is 1.19. The van der Waals surface area contributed by atoms with Crippen molar-refractivity contribution in [2.75, 3.05) is 11.1 Å². The number of aromatic nitrogens is 2. The van der Waals surface area contributed by atoms with E-state index in [1.165, 1.54) is 0 Å². The highest BCUT2D eigenvalue weighted by Gasteiger charge is 2.04. The van der Waals surface area contributed by atoms with E-state index < -0.39 is 0 Å². The fourth-order valence-electron chi connectivity index (χ4n) is 1.89. The van der Waals surface area contributed by atoms with Crippen LogP contribution in [0.15, 0.2) is 53.1 Å². The van der Waals surface area contributed by atoms with Crippen molar-refractivity contribution in [3.63, 3.8) is 0 Å². The molecule has 3 aromatic rings. The number of pyridine rings is 2. The summed E-state index contributed by atoms with van der Waals surface area (Å²) < 4.78 is 0.958. The zero-order chi connectivity index (χ0) is 13.2. The average molecular weight is 315 g/mol. The Morgan fingerprint density at radius 3 is 2.79 bits per heavy atom. The predicted octanol–water partition coefficient (Wildman–Crippen LogP) is 3.72. The molecule has 0 aliphatic carbocycles. The summed E-state index contributed by atoms with van der Waals surface area (Å²) in [4.78, 5) is 8.65. The molecule has 19 heavy (non-hydrogen) atoms. The normalized spacial score (nSPS) is 10.6. The SMILES string of the molecule is Nc1cccc(Nc2cccc3cc(Br)cnc23)n1. The molecule has 0 radical (unpaired) electrons. The number of hydrogen-bond acceptors (Lipinski definition) is 4.